The van der Waals surface area contributed by atoms with E-state index >= 15 is 0 Å². The Morgan fingerprint density at radius 1 is 1.23 bits per heavy atom. The minimum Gasteiger partial charge on any atom is -0.469 e. The molecule has 0 aliphatic heterocycles. The summed E-state index contributed by atoms with van der Waals surface area (Å²) in [6.45, 7) is 3.88. The summed E-state index contributed by atoms with van der Waals surface area (Å²) in [7, 11) is 1.32. The summed E-state index contributed by atoms with van der Waals surface area (Å²) in [5.41, 5.74) is 2.85. The molecule has 1 aromatic carbocycles. The number of esters is 1. The van der Waals surface area contributed by atoms with Gasteiger partial charge in [0.25, 0.3) is 5.91 Å². The minimum atomic E-state index is -0.353. The van der Waals surface area contributed by atoms with E-state index in [1.807, 2.05) is 37.3 Å². The lowest BCUT2D eigenvalue weighted by atomic mass is 10.2. The van der Waals surface area contributed by atoms with E-state index in [9.17, 15) is 9.59 Å². The highest BCUT2D eigenvalue weighted by Crippen LogP contribution is 2.17. The van der Waals surface area contributed by atoms with Gasteiger partial charge in [-0.05, 0) is 26.0 Å². The van der Waals surface area contributed by atoms with Gasteiger partial charge in [0.2, 0.25) is 0 Å². The van der Waals surface area contributed by atoms with Crippen LogP contribution in [0.3, 0.4) is 0 Å². The summed E-state index contributed by atoms with van der Waals surface area (Å²) < 4.78 is 6.28. The molecule has 0 aliphatic rings. The van der Waals surface area contributed by atoms with Crippen LogP contribution in [0.25, 0.3) is 5.69 Å². The second-order valence-electron chi connectivity index (χ2n) is 4.88. The van der Waals surface area contributed by atoms with Gasteiger partial charge in [0.05, 0.1) is 36.2 Å². The Labute approximate surface area is 129 Å². The third-order valence-corrected chi connectivity index (χ3v) is 3.36. The highest BCUT2D eigenvalue weighted by atomic mass is 16.5. The first-order valence-corrected chi connectivity index (χ1v) is 7.01. The van der Waals surface area contributed by atoms with Crippen LogP contribution in [0.15, 0.2) is 30.3 Å². The molecule has 0 saturated carbocycles. The van der Waals surface area contributed by atoms with E-state index in [0.29, 0.717) is 11.3 Å². The van der Waals surface area contributed by atoms with Crippen LogP contribution in [0.4, 0.5) is 0 Å². The number of rotatable bonds is 5. The number of amides is 1. The molecule has 0 radical (unpaired) electrons. The smallest absolute Gasteiger partial charge is 0.307 e. The lowest BCUT2D eigenvalue weighted by molar-refractivity contribution is -0.140. The molecule has 116 valence electrons. The third kappa shape index (κ3) is 3.33. The summed E-state index contributed by atoms with van der Waals surface area (Å²) in [6, 6.07) is 9.62. The number of nitrogens with zero attached hydrogens (tertiary/aromatic N) is 2. The Hall–Kier alpha value is -2.63. The molecule has 0 saturated heterocycles. The maximum absolute atomic E-state index is 12.3. The fourth-order valence-electron chi connectivity index (χ4n) is 2.26. The van der Waals surface area contributed by atoms with Crippen molar-refractivity contribution in [3.63, 3.8) is 0 Å². The van der Waals surface area contributed by atoms with Crippen molar-refractivity contribution >= 4 is 11.9 Å². The first-order valence-electron chi connectivity index (χ1n) is 7.01. The molecule has 1 amide bonds. The van der Waals surface area contributed by atoms with Crippen molar-refractivity contribution in [1.29, 1.82) is 0 Å². The number of para-hydroxylation sites is 1. The molecule has 0 unspecified atom stereocenters. The Morgan fingerprint density at radius 2 is 1.91 bits per heavy atom. The molecular weight excluding hydrogens is 282 g/mol. The molecule has 2 aromatic rings. The van der Waals surface area contributed by atoms with Crippen molar-refractivity contribution in [2.24, 2.45) is 0 Å². The van der Waals surface area contributed by atoms with E-state index in [1.165, 1.54) is 7.11 Å². The van der Waals surface area contributed by atoms with Crippen LogP contribution in [0.2, 0.25) is 0 Å². The predicted octanol–water partition coefficient (Wildman–Crippen LogP) is 1.78. The standard InChI is InChI=1S/C16H19N3O3/c1-11-15(16(21)17-10-9-14(20)22-3)12(2)19(18-11)13-7-5-4-6-8-13/h4-8H,9-10H2,1-3H3,(H,17,21). The van der Waals surface area contributed by atoms with E-state index in [1.54, 1.807) is 11.6 Å². The molecule has 22 heavy (non-hydrogen) atoms. The van der Waals surface area contributed by atoms with Crippen molar-refractivity contribution in [2.75, 3.05) is 13.7 Å². The molecule has 0 atom stereocenters. The van der Waals surface area contributed by atoms with E-state index in [2.05, 4.69) is 15.2 Å². The van der Waals surface area contributed by atoms with Gasteiger partial charge in [0, 0.05) is 6.54 Å². The van der Waals surface area contributed by atoms with E-state index in [4.69, 9.17) is 0 Å². The summed E-state index contributed by atoms with van der Waals surface area (Å²) in [5.74, 6) is -0.588. The number of aromatic nitrogens is 2. The second kappa shape index (κ2) is 6.89. The quantitative estimate of drug-likeness (QED) is 0.854. The number of benzene rings is 1. The molecule has 0 bridgehead atoms. The van der Waals surface area contributed by atoms with Gasteiger partial charge in [-0.3, -0.25) is 9.59 Å². The molecule has 1 heterocycles. The molecule has 0 fully saturated rings. The van der Waals surface area contributed by atoms with Crippen LogP contribution in [-0.4, -0.2) is 35.3 Å². The Morgan fingerprint density at radius 3 is 2.55 bits per heavy atom. The van der Waals surface area contributed by atoms with Crippen LogP contribution >= 0.6 is 0 Å². The molecule has 6 heteroatoms. The van der Waals surface area contributed by atoms with Gasteiger partial charge in [-0.15, -0.1) is 0 Å². The van der Waals surface area contributed by atoms with Gasteiger partial charge in [0.1, 0.15) is 0 Å². The van der Waals surface area contributed by atoms with Gasteiger partial charge in [0.15, 0.2) is 0 Å². The van der Waals surface area contributed by atoms with E-state index < -0.39 is 0 Å². The zero-order valence-electron chi connectivity index (χ0n) is 12.9. The van der Waals surface area contributed by atoms with Crippen molar-refractivity contribution in [1.82, 2.24) is 15.1 Å². The summed E-state index contributed by atoms with van der Waals surface area (Å²) >= 11 is 0. The van der Waals surface area contributed by atoms with Gasteiger partial charge >= 0.3 is 5.97 Å². The molecule has 6 nitrogen and oxygen atoms in total. The number of methoxy groups -OCH3 is 1. The van der Waals surface area contributed by atoms with Crippen molar-refractivity contribution < 1.29 is 14.3 Å². The highest BCUT2D eigenvalue weighted by molar-refractivity contribution is 5.96. The number of hydrogen-bond acceptors (Lipinski definition) is 4. The van der Waals surface area contributed by atoms with Crippen LogP contribution in [0.1, 0.15) is 28.2 Å². The van der Waals surface area contributed by atoms with Crippen molar-refractivity contribution in [2.45, 2.75) is 20.3 Å². The number of hydrogen-bond donors (Lipinski definition) is 1. The SMILES string of the molecule is COC(=O)CCNC(=O)c1c(C)nn(-c2ccccc2)c1C. The van der Waals surface area contributed by atoms with Crippen LogP contribution in [0.5, 0.6) is 0 Å². The lowest BCUT2D eigenvalue weighted by Crippen LogP contribution is -2.27. The third-order valence-electron chi connectivity index (χ3n) is 3.36. The van der Waals surface area contributed by atoms with Gasteiger partial charge in [-0.1, -0.05) is 18.2 Å². The zero-order valence-corrected chi connectivity index (χ0v) is 12.9. The van der Waals surface area contributed by atoms with Gasteiger partial charge < -0.3 is 10.1 Å². The maximum Gasteiger partial charge on any atom is 0.307 e. The fraction of sp³-hybridized carbons (Fsp3) is 0.312. The first kappa shape index (κ1) is 15.8. The van der Waals surface area contributed by atoms with E-state index in [0.717, 1.165) is 11.4 Å². The monoisotopic (exact) mass is 301 g/mol. The van der Waals surface area contributed by atoms with Gasteiger partial charge in [-0.25, -0.2) is 4.68 Å². The first-order chi connectivity index (χ1) is 10.5. The largest absolute Gasteiger partial charge is 0.469 e. The Kier molecular flexibility index (Phi) is 4.93. The van der Waals surface area contributed by atoms with E-state index in [-0.39, 0.29) is 24.8 Å². The number of aryl methyl sites for hydroxylation is 1. The van der Waals surface area contributed by atoms with Crippen LogP contribution in [0, 0.1) is 13.8 Å². The maximum atomic E-state index is 12.3. The summed E-state index contributed by atoms with van der Waals surface area (Å²) in [5, 5.41) is 7.14. The zero-order chi connectivity index (χ0) is 16.1. The van der Waals surface area contributed by atoms with Crippen LogP contribution in [-0.2, 0) is 9.53 Å². The molecule has 2 rings (SSSR count). The van der Waals surface area contributed by atoms with Gasteiger partial charge in [-0.2, -0.15) is 5.10 Å². The highest BCUT2D eigenvalue weighted by Gasteiger charge is 2.19. The molecule has 1 aromatic heterocycles. The molecule has 0 spiro atoms. The number of ether oxygens (including phenoxy) is 1. The number of nitrogens with one attached hydrogen (secondary N) is 1. The Balaban J connectivity index is 2.16. The average Bonchev–Trinajstić information content (AvgIpc) is 2.82. The fourth-order valence-corrected chi connectivity index (χ4v) is 2.26. The van der Waals surface area contributed by atoms with Crippen molar-refractivity contribution in [3.8, 4) is 5.69 Å². The normalized spacial score (nSPS) is 10.3. The Bertz CT molecular complexity index is 677. The summed E-state index contributed by atoms with van der Waals surface area (Å²) in [4.78, 5) is 23.3. The topological polar surface area (TPSA) is 73.2 Å². The molecule has 0 aliphatic carbocycles. The second-order valence-corrected chi connectivity index (χ2v) is 4.88. The minimum absolute atomic E-state index is 0.146. The summed E-state index contributed by atoms with van der Waals surface area (Å²) in [6.07, 6.45) is 0.146. The number of carbonyl (C=O) groups is 2. The molecular formula is C16H19N3O3. The number of carbonyl (C=O) groups excluding carboxylic acids is 2. The predicted molar refractivity (Wildman–Crippen MR) is 82.0 cm³/mol. The average molecular weight is 301 g/mol. The van der Waals surface area contributed by atoms with Crippen molar-refractivity contribution in [3.05, 3.63) is 47.3 Å². The lowest BCUT2D eigenvalue weighted by Gasteiger charge is -2.06. The van der Waals surface area contributed by atoms with Crippen LogP contribution < -0.4 is 5.32 Å². The molecule has 1 N–H and O–H groups in total.